The number of ether oxygens (including phenoxy) is 1. The third kappa shape index (κ3) is 4.89. The molecular formula is C14H20O3. The van der Waals surface area contributed by atoms with Gasteiger partial charge in [-0.15, -0.1) is 0 Å². The Kier molecular flexibility index (Phi) is 5.53. The maximum Gasteiger partial charge on any atom is 0.306 e. The standard InChI is InChI=1S/C14H20O3/c1-3-4-9-17-14(16)8-6-12-5-7-13(15)11(2)10-12/h5,7,10,15H,3-4,6,8-9H2,1-2H3. The van der Waals surface area contributed by atoms with Crippen molar-refractivity contribution in [2.45, 2.75) is 39.5 Å². The van der Waals surface area contributed by atoms with Crippen LogP contribution in [0.4, 0.5) is 0 Å². The minimum Gasteiger partial charge on any atom is -0.508 e. The molecule has 0 saturated carbocycles. The van der Waals surface area contributed by atoms with E-state index in [4.69, 9.17) is 4.74 Å². The molecule has 0 aliphatic rings. The number of hydrogen-bond acceptors (Lipinski definition) is 3. The fourth-order valence-electron chi connectivity index (χ4n) is 1.52. The second kappa shape index (κ2) is 6.94. The number of phenolic OH excluding ortho intramolecular Hbond substituents is 1. The fraction of sp³-hybridized carbons (Fsp3) is 0.500. The molecule has 0 atom stereocenters. The number of hydrogen-bond donors (Lipinski definition) is 1. The molecule has 0 unspecified atom stereocenters. The molecule has 3 nitrogen and oxygen atoms in total. The van der Waals surface area contributed by atoms with Crippen molar-refractivity contribution in [3.05, 3.63) is 29.3 Å². The molecule has 1 N–H and O–H groups in total. The van der Waals surface area contributed by atoms with Crippen LogP contribution in [0.15, 0.2) is 18.2 Å². The summed E-state index contributed by atoms with van der Waals surface area (Å²) in [7, 11) is 0. The first kappa shape index (κ1) is 13.6. The maximum absolute atomic E-state index is 11.4. The quantitative estimate of drug-likeness (QED) is 0.610. The third-order valence-corrected chi connectivity index (χ3v) is 2.64. The SMILES string of the molecule is CCCCOC(=O)CCc1ccc(O)c(C)c1. The first-order chi connectivity index (χ1) is 8.13. The lowest BCUT2D eigenvalue weighted by molar-refractivity contribution is -0.143. The number of carbonyl (C=O) groups is 1. The molecule has 0 spiro atoms. The summed E-state index contributed by atoms with van der Waals surface area (Å²) in [4.78, 5) is 11.4. The molecule has 0 fully saturated rings. The van der Waals surface area contributed by atoms with Crippen LogP contribution in [0, 0.1) is 6.92 Å². The van der Waals surface area contributed by atoms with Crippen LogP contribution < -0.4 is 0 Å². The summed E-state index contributed by atoms with van der Waals surface area (Å²) in [5.41, 5.74) is 1.88. The number of unbranched alkanes of at least 4 members (excludes halogenated alkanes) is 1. The summed E-state index contributed by atoms with van der Waals surface area (Å²) in [5, 5.41) is 9.37. The van der Waals surface area contributed by atoms with Crippen molar-refractivity contribution in [1.82, 2.24) is 0 Å². The molecule has 0 amide bonds. The molecule has 3 heteroatoms. The molecule has 1 rings (SSSR count). The zero-order chi connectivity index (χ0) is 12.7. The molecule has 0 aromatic heterocycles. The van der Waals surface area contributed by atoms with Crippen molar-refractivity contribution < 1.29 is 14.6 Å². The van der Waals surface area contributed by atoms with Gasteiger partial charge in [0.05, 0.1) is 6.61 Å². The largest absolute Gasteiger partial charge is 0.508 e. The average molecular weight is 236 g/mol. The van der Waals surface area contributed by atoms with Crippen molar-refractivity contribution in [1.29, 1.82) is 0 Å². The molecule has 0 aliphatic heterocycles. The summed E-state index contributed by atoms with van der Waals surface area (Å²) in [5.74, 6) is 0.142. The third-order valence-electron chi connectivity index (χ3n) is 2.64. The van der Waals surface area contributed by atoms with Gasteiger partial charge in [0, 0.05) is 6.42 Å². The van der Waals surface area contributed by atoms with E-state index in [9.17, 15) is 9.90 Å². The molecular weight excluding hydrogens is 216 g/mol. The average Bonchev–Trinajstić information content (AvgIpc) is 2.31. The predicted octanol–water partition coefficient (Wildman–Crippen LogP) is 2.98. The monoisotopic (exact) mass is 236 g/mol. The summed E-state index contributed by atoms with van der Waals surface area (Å²) < 4.78 is 5.07. The van der Waals surface area contributed by atoms with Crippen molar-refractivity contribution in [3.63, 3.8) is 0 Å². The molecule has 0 radical (unpaired) electrons. The number of benzene rings is 1. The highest BCUT2D eigenvalue weighted by Crippen LogP contribution is 2.17. The minimum atomic E-state index is -0.149. The van der Waals surface area contributed by atoms with E-state index in [0.29, 0.717) is 25.2 Å². The van der Waals surface area contributed by atoms with Crippen molar-refractivity contribution in [2.75, 3.05) is 6.61 Å². The van der Waals surface area contributed by atoms with Crippen molar-refractivity contribution in [3.8, 4) is 5.75 Å². The lowest BCUT2D eigenvalue weighted by atomic mass is 10.1. The zero-order valence-corrected chi connectivity index (χ0v) is 10.5. The normalized spacial score (nSPS) is 10.2. The van der Waals surface area contributed by atoms with E-state index in [0.717, 1.165) is 24.0 Å². The van der Waals surface area contributed by atoms with E-state index in [1.165, 1.54) is 0 Å². The topological polar surface area (TPSA) is 46.5 Å². The number of aryl methyl sites for hydroxylation is 2. The van der Waals surface area contributed by atoms with Crippen LogP contribution in [0.25, 0.3) is 0 Å². The van der Waals surface area contributed by atoms with Gasteiger partial charge in [0.25, 0.3) is 0 Å². The Bertz CT molecular complexity index is 372. The fourth-order valence-corrected chi connectivity index (χ4v) is 1.52. The van der Waals surface area contributed by atoms with Crippen molar-refractivity contribution >= 4 is 5.97 Å². The molecule has 94 valence electrons. The Hall–Kier alpha value is -1.51. The van der Waals surface area contributed by atoms with Crippen LogP contribution in [0.3, 0.4) is 0 Å². The number of rotatable bonds is 6. The Balaban J connectivity index is 2.34. The van der Waals surface area contributed by atoms with Gasteiger partial charge in [0.1, 0.15) is 5.75 Å². The Morgan fingerprint density at radius 3 is 2.82 bits per heavy atom. The summed E-state index contributed by atoms with van der Waals surface area (Å²) in [6, 6.07) is 5.39. The van der Waals surface area contributed by atoms with Crippen LogP contribution in [-0.4, -0.2) is 17.7 Å². The first-order valence-corrected chi connectivity index (χ1v) is 6.07. The molecule has 0 saturated heterocycles. The van der Waals surface area contributed by atoms with Crippen LogP contribution >= 0.6 is 0 Å². The highest BCUT2D eigenvalue weighted by molar-refractivity contribution is 5.69. The molecule has 17 heavy (non-hydrogen) atoms. The summed E-state index contributed by atoms with van der Waals surface area (Å²) in [6.07, 6.45) is 3.01. The van der Waals surface area contributed by atoms with Gasteiger partial charge in [-0.1, -0.05) is 25.5 Å². The Labute approximate surface area is 102 Å². The van der Waals surface area contributed by atoms with Gasteiger partial charge in [0.2, 0.25) is 0 Å². The lowest BCUT2D eigenvalue weighted by Gasteiger charge is -2.05. The van der Waals surface area contributed by atoms with Crippen LogP contribution in [0.1, 0.15) is 37.3 Å². The van der Waals surface area contributed by atoms with E-state index >= 15 is 0 Å². The van der Waals surface area contributed by atoms with E-state index < -0.39 is 0 Å². The van der Waals surface area contributed by atoms with Crippen LogP contribution in [0.5, 0.6) is 5.75 Å². The zero-order valence-electron chi connectivity index (χ0n) is 10.5. The van der Waals surface area contributed by atoms with Crippen LogP contribution in [-0.2, 0) is 16.0 Å². The summed E-state index contributed by atoms with van der Waals surface area (Å²) in [6.45, 7) is 4.43. The predicted molar refractivity (Wildman–Crippen MR) is 67.0 cm³/mol. The Morgan fingerprint density at radius 2 is 2.18 bits per heavy atom. The second-order valence-corrected chi connectivity index (χ2v) is 4.19. The van der Waals surface area contributed by atoms with E-state index in [2.05, 4.69) is 6.92 Å². The highest BCUT2D eigenvalue weighted by atomic mass is 16.5. The molecule has 1 aromatic rings. The number of esters is 1. The van der Waals surface area contributed by atoms with Gasteiger partial charge >= 0.3 is 5.97 Å². The van der Waals surface area contributed by atoms with Gasteiger partial charge in [-0.3, -0.25) is 4.79 Å². The molecule has 0 aliphatic carbocycles. The smallest absolute Gasteiger partial charge is 0.306 e. The van der Waals surface area contributed by atoms with Gasteiger partial charge in [-0.25, -0.2) is 0 Å². The first-order valence-electron chi connectivity index (χ1n) is 6.07. The summed E-state index contributed by atoms with van der Waals surface area (Å²) >= 11 is 0. The molecule has 0 heterocycles. The highest BCUT2D eigenvalue weighted by Gasteiger charge is 2.04. The minimum absolute atomic E-state index is 0.149. The molecule has 1 aromatic carbocycles. The van der Waals surface area contributed by atoms with E-state index in [1.807, 2.05) is 19.1 Å². The number of aromatic hydroxyl groups is 1. The maximum atomic E-state index is 11.4. The van der Waals surface area contributed by atoms with E-state index in [-0.39, 0.29) is 5.97 Å². The second-order valence-electron chi connectivity index (χ2n) is 4.19. The van der Waals surface area contributed by atoms with E-state index in [1.54, 1.807) is 6.07 Å². The van der Waals surface area contributed by atoms with Gasteiger partial charge in [-0.05, 0) is 37.0 Å². The molecule has 0 bridgehead atoms. The van der Waals surface area contributed by atoms with Gasteiger partial charge in [0.15, 0.2) is 0 Å². The van der Waals surface area contributed by atoms with Crippen molar-refractivity contribution in [2.24, 2.45) is 0 Å². The van der Waals surface area contributed by atoms with Gasteiger partial charge < -0.3 is 9.84 Å². The lowest BCUT2D eigenvalue weighted by Crippen LogP contribution is -2.06. The van der Waals surface area contributed by atoms with Crippen LogP contribution in [0.2, 0.25) is 0 Å². The number of phenols is 1. The van der Waals surface area contributed by atoms with Gasteiger partial charge in [-0.2, -0.15) is 0 Å². The Morgan fingerprint density at radius 1 is 1.41 bits per heavy atom. The number of carbonyl (C=O) groups excluding carboxylic acids is 1.